The predicted molar refractivity (Wildman–Crippen MR) is 98.7 cm³/mol. The molecule has 0 saturated carbocycles. The molecule has 0 heterocycles. The van der Waals surface area contributed by atoms with Gasteiger partial charge in [-0.1, -0.05) is 36.4 Å². The number of likely N-dealkylation sites (N-methyl/N-ethyl adjacent to an activating group) is 1. The van der Waals surface area contributed by atoms with Crippen LogP contribution in [0.1, 0.15) is 11.1 Å². The van der Waals surface area contributed by atoms with Crippen molar-refractivity contribution in [2.24, 2.45) is 0 Å². The molecule has 2 rings (SSSR count). The summed E-state index contributed by atoms with van der Waals surface area (Å²) in [5.74, 6) is 0.190. The molecule has 0 aliphatic heterocycles. The Kier molecular flexibility index (Phi) is 6.58. The topological polar surface area (TPSA) is 76.1 Å². The van der Waals surface area contributed by atoms with Crippen molar-refractivity contribution in [3.63, 3.8) is 0 Å². The van der Waals surface area contributed by atoms with Crippen molar-refractivity contribution in [1.29, 1.82) is 0 Å². The third kappa shape index (κ3) is 5.90. The number of aliphatic hydroxyl groups excluding tert-OH is 1. The molecule has 7 heteroatoms. The number of hydrogen-bond acceptors (Lipinski definition) is 6. The molecule has 0 fully saturated rings. The van der Waals surface area contributed by atoms with Gasteiger partial charge in [0, 0.05) is 19.3 Å². The largest absolute Gasteiger partial charge is 0.448 e. The van der Waals surface area contributed by atoms with E-state index in [-0.39, 0.29) is 12.4 Å². The van der Waals surface area contributed by atoms with Gasteiger partial charge in [0.25, 0.3) is 0 Å². The molecule has 0 unspecified atom stereocenters. The fraction of sp³-hybridized carbons (Fsp3) is 0.222. The maximum absolute atomic E-state index is 11.2. The highest BCUT2D eigenvalue weighted by molar-refractivity contribution is 7.82. The van der Waals surface area contributed by atoms with Gasteiger partial charge < -0.3 is 14.2 Å². The van der Waals surface area contributed by atoms with Crippen LogP contribution >= 0.6 is 0 Å². The van der Waals surface area contributed by atoms with Gasteiger partial charge in [-0.2, -0.15) is 8.42 Å². The monoisotopic (exact) mass is 363 g/mol. The number of anilines is 1. The van der Waals surface area contributed by atoms with Crippen LogP contribution in [-0.2, 0) is 14.6 Å². The average molecular weight is 363 g/mol. The Labute approximate surface area is 148 Å². The van der Waals surface area contributed by atoms with E-state index >= 15 is 0 Å². The third-order valence-corrected chi connectivity index (χ3v) is 4.32. The standard InChI is InChI=1S/C18H21NO5S/c1-19(13-14-20)17-9-5-15(6-10-17)3-4-16-7-11-18(12-8-16)24-25(21,22)23-2/h3-12,20H,13-14H2,1-2H3. The maximum atomic E-state index is 11.2. The van der Waals surface area contributed by atoms with Gasteiger partial charge >= 0.3 is 10.4 Å². The van der Waals surface area contributed by atoms with Crippen molar-refractivity contribution in [3.05, 3.63) is 59.7 Å². The molecular weight excluding hydrogens is 342 g/mol. The number of hydrogen-bond donors (Lipinski definition) is 1. The molecular formula is C18H21NO5S. The lowest BCUT2D eigenvalue weighted by Crippen LogP contribution is -2.20. The molecule has 0 atom stereocenters. The first kappa shape index (κ1) is 19.0. The van der Waals surface area contributed by atoms with Crippen molar-refractivity contribution < 1.29 is 21.9 Å². The van der Waals surface area contributed by atoms with E-state index in [1.165, 1.54) is 0 Å². The summed E-state index contributed by atoms with van der Waals surface area (Å²) in [6.45, 7) is 0.700. The fourth-order valence-corrected chi connectivity index (χ4v) is 2.51. The summed E-state index contributed by atoms with van der Waals surface area (Å²) in [7, 11) is -1.03. The molecule has 2 aromatic rings. The number of nitrogens with zero attached hydrogens (tertiary/aromatic N) is 1. The Balaban J connectivity index is 2.02. The summed E-state index contributed by atoms with van der Waals surface area (Å²) in [5, 5.41) is 8.96. The summed E-state index contributed by atoms with van der Waals surface area (Å²) in [6.07, 6.45) is 3.87. The minimum Gasteiger partial charge on any atom is -0.395 e. The average Bonchev–Trinajstić information content (AvgIpc) is 2.61. The van der Waals surface area contributed by atoms with Gasteiger partial charge in [-0.15, -0.1) is 0 Å². The summed E-state index contributed by atoms with van der Waals surface area (Å²) < 4.78 is 31.4. The highest BCUT2D eigenvalue weighted by Gasteiger charge is 2.10. The zero-order valence-electron chi connectivity index (χ0n) is 14.1. The molecule has 0 radical (unpaired) electrons. The Morgan fingerprint density at radius 2 is 1.52 bits per heavy atom. The second-order valence-electron chi connectivity index (χ2n) is 5.30. The van der Waals surface area contributed by atoms with Gasteiger partial charge in [-0.05, 0) is 35.4 Å². The van der Waals surface area contributed by atoms with Crippen LogP contribution in [0.25, 0.3) is 12.2 Å². The molecule has 1 N–H and O–H groups in total. The van der Waals surface area contributed by atoms with Crippen LogP contribution in [0.4, 0.5) is 5.69 Å². The van der Waals surface area contributed by atoms with E-state index in [4.69, 9.17) is 9.29 Å². The SMILES string of the molecule is COS(=O)(=O)Oc1ccc(C=Cc2ccc(N(C)CCO)cc2)cc1. The zero-order chi connectivity index (χ0) is 18.3. The lowest BCUT2D eigenvalue weighted by Gasteiger charge is -2.17. The number of aliphatic hydroxyl groups is 1. The van der Waals surface area contributed by atoms with Crippen molar-refractivity contribution in [3.8, 4) is 5.75 Å². The second-order valence-corrected chi connectivity index (χ2v) is 6.61. The van der Waals surface area contributed by atoms with E-state index < -0.39 is 10.4 Å². The van der Waals surface area contributed by atoms with E-state index in [9.17, 15) is 8.42 Å². The molecule has 6 nitrogen and oxygen atoms in total. The summed E-state index contributed by atoms with van der Waals surface area (Å²) in [6, 6.07) is 14.6. The summed E-state index contributed by atoms with van der Waals surface area (Å²) in [4.78, 5) is 1.97. The van der Waals surface area contributed by atoms with Crippen molar-refractivity contribution in [2.75, 3.05) is 32.2 Å². The lowest BCUT2D eigenvalue weighted by molar-refractivity contribution is 0.304. The normalized spacial score (nSPS) is 11.6. The molecule has 0 aromatic heterocycles. The molecule has 0 bridgehead atoms. The van der Waals surface area contributed by atoms with Crippen LogP contribution in [0.5, 0.6) is 5.75 Å². The smallest absolute Gasteiger partial charge is 0.395 e. The van der Waals surface area contributed by atoms with Gasteiger partial charge in [0.1, 0.15) is 5.75 Å². The van der Waals surface area contributed by atoms with Crippen molar-refractivity contribution >= 4 is 28.2 Å². The van der Waals surface area contributed by atoms with Crippen LogP contribution in [0.2, 0.25) is 0 Å². The van der Waals surface area contributed by atoms with Crippen molar-refractivity contribution in [1.82, 2.24) is 0 Å². The first-order valence-corrected chi connectivity index (χ1v) is 8.97. The predicted octanol–water partition coefficient (Wildman–Crippen LogP) is 2.56. The third-order valence-electron chi connectivity index (χ3n) is 3.52. The van der Waals surface area contributed by atoms with Crippen LogP contribution in [0.15, 0.2) is 48.5 Å². The van der Waals surface area contributed by atoms with Gasteiger partial charge in [0.05, 0.1) is 13.7 Å². The van der Waals surface area contributed by atoms with Gasteiger partial charge in [-0.25, -0.2) is 4.18 Å². The Morgan fingerprint density at radius 3 is 2.00 bits per heavy atom. The van der Waals surface area contributed by atoms with E-state index in [1.54, 1.807) is 24.3 Å². The first-order chi connectivity index (χ1) is 11.9. The molecule has 0 spiro atoms. The zero-order valence-corrected chi connectivity index (χ0v) is 14.9. The Bertz CT molecular complexity index is 798. The molecule has 0 aliphatic rings. The highest BCUT2D eigenvalue weighted by Crippen LogP contribution is 2.18. The van der Waals surface area contributed by atoms with Gasteiger partial charge in [0.2, 0.25) is 0 Å². The molecule has 25 heavy (non-hydrogen) atoms. The molecule has 0 amide bonds. The van der Waals surface area contributed by atoms with E-state index in [2.05, 4.69) is 4.18 Å². The van der Waals surface area contributed by atoms with Crippen LogP contribution in [0, 0.1) is 0 Å². The fourth-order valence-electron chi connectivity index (χ4n) is 2.10. The second kappa shape index (κ2) is 8.66. The maximum Gasteiger partial charge on any atom is 0.448 e. The summed E-state index contributed by atoms with van der Waals surface area (Å²) >= 11 is 0. The van der Waals surface area contributed by atoms with Crippen LogP contribution in [0.3, 0.4) is 0 Å². The highest BCUT2D eigenvalue weighted by atomic mass is 32.3. The van der Waals surface area contributed by atoms with Gasteiger partial charge in [-0.3, -0.25) is 0 Å². The molecule has 134 valence electrons. The minimum atomic E-state index is -3.99. The van der Waals surface area contributed by atoms with Crippen LogP contribution in [-0.4, -0.2) is 40.8 Å². The van der Waals surface area contributed by atoms with E-state index in [0.717, 1.165) is 23.9 Å². The number of benzene rings is 2. The molecule has 0 aliphatic carbocycles. The van der Waals surface area contributed by atoms with Gasteiger partial charge in [0.15, 0.2) is 0 Å². The first-order valence-electron chi connectivity index (χ1n) is 7.64. The molecule has 2 aromatic carbocycles. The Morgan fingerprint density at radius 1 is 1.00 bits per heavy atom. The van der Waals surface area contributed by atoms with E-state index in [0.29, 0.717) is 6.54 Å². The Hall–Kier alpha value is -2.35. The van der Waals surface area contributed by atoms with Crippen LogP contribution < -0.4 is 9.08 Å². The minimum absolute atomic E-state index is 0.115. The summed E-state index contributed by atoms with van der Waals surface area (Å²) in [5.41, 5.74) is 2.97. The molecule has 0 saturated heterocycles. The van der Waals surface area contributed by atoms with E-state index in [1.807, 2.05) is 48.4 Å². The van der Waals surface area contributed by atoms with Crippen molar-refractivity contribution in [2.45, 2.75) is 0 Å². The number of rotatable bonds is 8. The quantitative estimate of drug-likeness (QED) is 0.727. The lowest BCUT2D eigenvalue weighted by atomic mass is 10.1.